The zero-order valence-corrected chi connectivity index (χ0v) is 19.9. The first kappa shape index (κ1) is 24.1. The minimum atomic E-state index is -0.803. The van der Waals surface area contributed by atoms with Crippen LogP contribution in [0, 0.1) is 0 Å². The van der Waals surface area contributed by atoms with Gasteiger partial charge in [0.1, 0.15) is 0 Å². The van der Waals surface area contributed by atoms with Crippen molar-refractivity contribution in [3.63, 3.8) is 0 Å². The summed E-state index contributed by atoms with van der Waals surface area (Å²) in [7, 11) is 1.54. The van der Waals surface area contributed by atoms with Gasteiger partial charge < -0.3 is 23.9 Å². The molecule has 0 radical (unpaired) electrons. The molecular weight excluding hydrogens is 446 g/mol. The van der Waals surface area contributed by atoms with Crippen molar-refractivity contribution in [3.05, 3.63) is 95.1 Å². The summed E-state index contributed by atoms with van der Waals surface area (Å²) < 4.78 is 16.7. The average molecular weight is 476 g/mol. The van der Waals surface area contributed by atoms with Gasteiger partial charge in [-0.3, -0.25) is 9.59 Å². The fraction of sp³-hybridized carbons (Fsp3) is 0.286. The van der Waals surface area contributed by atoms with Crippen LogP contribution < -0.4 is 9.47 Å². The second-order valence-corrected chi connectivity index (χ2v) is 8.32. The fourth-order valence-electron chi connectivity index (χ4n) is 4.20. The van der Waals surface area contributed by atoms with Gasteiger partial charge in [-0.05, 0) is 48.2 Å². The van der Waals surface area contributed by atoms with E-state index in [9.17, 15) is 14.7 Å². The zero-order valence-electron chi connectivity index (χ0n) is 19.9. The van der Waals surface area contributed by atoms with Gasteiger partial charge in [-0.25, -0.2) is 0 Å². The molecule has 1 unspecified atom stereocenters. The molecule has 182 valence electrons. The molecule has 2 aromatic carbocycles. The molecule has 3 aromatic rings. The van der Waals surface area contributed by atoms with E-state index in [1.165, 1.54) is 17.2 Å². The Kier molecular flexibility index (Phi) is 7.55. The number of methoxy groups -OCH3 is 1. The van der Waals surface area contributed by atoms with E-state index in [1.807, 2.05) is 30.3 Å². The summed E-state index contributed by atoms with van der Waals surface area (Å²) in [5, 5.41) is 10.8. The van der Waals surface area contributed by atoms with Crippen molar-refractivity contribution in [1.82, 2.24) is 4.90 Å². The third kappa shape index (κ3) is 5.09. The number of aliphatic hydroxyl groups is 1. The molecule has 2 heterocycles. The maximum absolute atomic E-state index is 13.3. The van der Waals surface area contributed by atoms with Crippen molar-refractivity contribution in [1.29, 1.82) is 0 Å². The van der Waals surface area contributed by atoms with E-state index < -0.39 is 23.5 Å². The zero-order chi connectivity index (χ0) is 24.8. The Balaban J connectivity index is 1.71. The third-order valence-corrected chi connectivity index (χ3v) is 6.04. The highest BCUT2D eigenvalue weighted by atomic mass is 16.5. The summed E-state index contributed by atoms with van der Waals surface area (Å²) >= 11 is 0. The van der Waals surface area contributed by atoms with Crippen molar-refractivity contribution in [2.75, 3.05) is 20.3 Å². The summed E-state index contributed by atoms with van der Waals surface area (Å²) in [6.45, 7) is 2.95. The number of unbranched alkanes of at least 4 members (excludes halogenated alkanes) is 1. The van der Waals surface area contributed by atoms with Gasteiger partial charge >= 0.3 is 0 Å². The number of rotatable bonds is 11. The predicted octanol–water partition coefficient (Wildman–Crippen LogP) is 5.29. The monoisotopic (exact) mass is 475 g/mol. The Labute approximate surface area is 204 Å². The Morgan fingerprint density at radius 1 is 1.09 bits per heavy atom. The van der Waals surface area contributed by atoms with E-state index in [1.54, 1.807) is 31.4 Å². The normalized spacial score (nSPS) is 15.5. The number of amides is 1. The van der Waals surface area contributed by atoms with Crippen molar-refractivity contribution >= 4 is 11.7 Å². The summed E-state index contributed by atoms with van der Waals surface area (Å²) in [6, 6.07) is 17.4. The minimum absolute atomic E-state index is 0.0142. The first-order chi connectivity index (χ1) is 17.0. The number of furan rings is 1. The lowest BCUT2D eigenvalue weighted by Crippen LogP contribution is -2.33. The van der Waals surface area contributed by atoms with Gasteiger partial charge in [0.15, 0.2) is 23.0 Å². The number of benzene rings is 2. The number of ether oxygens (including phenoxy) is 2. The number of ketones is 1. The molecule has 0 spiro atoms. The van der Waals surface area contributed by atoms with Gasteiger partial charge in [-0.2, -0.15) is 0 Å². The van der Waals surface area contributed by atoms with Gasteiger partial charge in [-0.15, -0.1) is 0 Å². The van der Waals surface area contributed by atoms with Gasteiger partial charge in [0, 0.05) is 6.54 Å². The van der Waals surface area contributed by atoms with Crippen LogP contribution in [0.5, 0.6) is 11.5 Å². The number of hydrogen-bond acceptors (Lipinski definition) is 6. The van der Waals surface area contributed by atoms with Crippen LogP contribution in [0.4, 0.5) is 0 Å². The van der Waals surface area contributed by atoms with E-state index in [-0.39, 0.29) is 11.3 Å². The van der Waals surface area contributed by atoms with Crippen LogP contribution in [-0.2, 0) is 11.2 Å². The minimum Gasteiger partial charge on any atom is -0.503 e. The van der Waals surface area contributed by atoms with Gasteiger partial charge in [0.25, 0.3) is 5.91 Å². The van der Waals surface area contributed by atoms with E-state index in [4.69, 9.17) is 13.9 Å². The van der Waals surface area contributed by atoms with E-state index >= 15 is 0 Å². The van der Waals surface area contributed by atoms with E-state index in [2.05, 4.69) is 6.92 Å². The second kappa shape index (κ2) is 11.0. The van der Waals surface area contributed by atoms with E-state index in [0.29, 0.717) is 36.6 Å². The number of carbonyl (C=O) groups is 2. The van der Waals surface area contributed by atoms with Crippen LogP contribution in [0.2, 0.25) is 0 Å². The number of Topliss-reactive ketones (excluding diaryl/α,β-unsaturated/α-hetero) is 1. The van der Waals surface area contributed by atoms with Gasteiger partial charge in [0.2, 0.25) is 5.78 Å². The molecule has 1 aromatic heterocycles. The molecule has 0 saturated carbocycles. The highest BCUT2D eigenvalue weighted by molar-refractivity contribution is 6.15. The third-order valence-electron chi connectivity index (χ3n) is 6.04. The summed E-state index contributed by atoms with van der Waals surface area (Å²) in [4.78, 5) is 28.0. The van der Waals surface area contributed by atoms with E-state index in [0.717, 1.165) is 18.4 Å². The number of hydrogen-bond donors (Lipinski definition) is 1. The van der Waals surface area contributed by atoms with Crippen LogP contribution in [0.25, 0.3) is 0 Å². The molecule has 0 saturated heterocycles. The molecule has 35 heavy (non-hydrogen) atoms. The number of aliphatic hydroxyl groups excluding tert-OH is 1. The molecule has 0 fully saturated rings. The molecule has 1 amide bonds. The van der Waals surface area contributed by atoms with Crippen LogP contribution in [0.1, 0.15) is 47.5 Å². The van der Waals surface area contributed by atoms with Crippen molar-refractivity contribution in [3.8, 4) is 11.5 Å². The molecule has 7 heteroatoms. The molecule has 1 aliphatic heterocycles. The highest BCUT2D eigenvalue weighted by Crippen LogP contribution is 2.41. The average Bonchev–Trinajstić information content (AvgIpc) is 3.51. The topological polar surface area (TPSA) is 89.2 Å². The smallest absolute Gasteiger partial charge is 0.290 e. The van der Waals surface area contributed by atoms with Crippen LogP contribution in [0.15, 0.2) is 82.7 Å². The Bertz CT molecular complexity index is 1200. The number of carbonyl (C=O) groups excluding carboxylic acids is 2. The van der Waals surface area contributed by atoms with Gasteiger partial charge in [0.05, 0.1) is 31.6 Å². The molecule has 4 rings (SSSR count). The highest BCUT2D eigenvalue weighted by Gasteiger charge is 2.44. The summed E-state index contributed by atoms with van der Waals surface area (Å²) in [5.74, 6) is -0.562. The SMILES string of the molecule is CCCCOc1ccc(C2C(C(=O)c3ccco3)=C(O)C(=O)N2CCc2ccccc2)cc1OC. The van der Waals surface area contributed by atoms with Crippen LogP contribution in [0.3, 0.4) is 0 Å². The van der Waals surface area contributed by atoms with Crippen molar-refractivity contribution in [2.24, 2.45) is 0 Å². The largest absolute Gasteiger partial charge is 0.503 e. The van der Waals surface area contributed by atoms with Crippen molar-refractivity contribution in [2.45, 2.75) is 32.2 Å². The Morgan fingerprint density at radius 2 is 1.89 bits per heavy atom. The summed E-state index contributed by atoms with van der Waals surface area (Å²) in [5.41, 5.74) is 1.66. The fourth-order valence-corrected chi connectivity index (χ4v) is 4.20. The predicted molar refractivity (Wildman–Crippen MR) is 131 cm³/mol. The Hall–Kier alpha value is -4.00. The first-order valence-electron chi connectivity index (χ1n) is 11.7. The molecule has 1 atom stereocenters. The van der Waals surface area contributed by atoms with Gasteiger partial charge in [-0.1, -0.05) is 49.7 Å². The molecule has 0 bridgehead atoms. The summed E-state index contributed by atoms with van der Waals surface area (Å²) in [6.07, 6.45) is 3.86. The lowest BCUT2D eigenvalue weighted by molar-refractivity contribution is -0.129. The molecule has 0 aliphatic carbocycles. The van der Waals surface area contributed by atoms with Crippen molar-refractivity contribution < 1.29 is 28.6 Å². The molecule has 7 nitrogen and oxygen atoms in total. The lowest BCUT2D eigenvalue weighted by atomic mass is 9.94. The molecule has 1 N–H and O–H groups in total. The quantitative estimate of drug-likeness (QED) is 0.300. The maximum Gasteiger partial charge on any atom is 0.290 e. The second-order valence-electron chi connectivity index (χ2n) is 8.32. The molecule has 1 aliphatic rings. The van der Waals surface area contributed by atoms with Crippen LogP contribution >= 0.6 is 0 Å². The Morgan fingerprint density at radius 3 is 2.57 bits per heavy atom. The number of nitrogens with zero attached hydrogens (tertiary/aromatic N) is 1. The maximum atomic E-state index is 13.3. The van der Waals surface area contributed by atoms with Crippen LogP contribution in [-0.4, -0.2) is 42.0 Å². The molecular formula is C28H29NO6. The lowest BCUT2D eigenvalue weighted by Gasteiger charge is -2.27. The standard InChI is InChI=1S/C28H29NO6/c1-3-4-16-34-21-13-12-20(18-23(21)33-2)25-24(26(30)22-11-8-17-35-22)27(31)28(32)29(25)15-14-19-9-6-5-7-10-19/h5-13,17-18,25,31H,3-4,14-16H2,1-2H3. The first-order valence-corrected chi connectivity index (χ1v) is 11.7.